The van der Waals surface area contributed by atoms with Gasteiger partial charge in [-0.25, -0.2) is 9.38 Å². The fourth-order valence-electron chi connectivity index (χ4n) is 2.68. The monoisotopic (exact) mass is 372 g/mol. The summed E-state index contributed by atoms with van der Waals surface area (Å²) in [5, 5.41) is 11.9. The van der Waals surface area contributed by atoms with Gasteiger partial charge in [0.2, 0.25) is 0 Å². The molecule has 0 spiro atoms. The Morgan fingerprint density at radius 3 is 2.64 bits per heavy atom. The van der Waals surface area contributed by atoms with Gasteiger partial charge in [0.25, 0.3) is 5.91 Å². The van der Waals surface area contributed by atoms with Gasteiger partial charge in [0.05, 0.1) is 21.7 Å². The van der Waals surface area contributed by atoms with Crippen molar-refractivity contribution in [1.29, 1.82) is 5.26 Å². The van der Waals surface area contributed by atoms with Crippen LogP contribution in [0.4, 0.5) is 4.39 Å². The van der Waals surface area contributed by atoms with Crippen LogP contribution in [0.3, 0.4) is 0 Å². The molecule has 1 aliphatic heterocycles. The van der Waals surface area contributed by atoms with Crippen molar-refractivity contribution in [2.45, 2.75) is 12.3 Å². The van der Waals surface area contributed by atoms with Gasteiger partial charge in [-0.05, 0) is 29.1 Å². The number of benzene rings is 1. The minimum Gasteiger partial charge on any atom is -0.293 e. The number of thioether (sulfide) groups is 1. The third-order valence-electron chi connectivity index (χ3n) is 3.89. The van der Waals surface area contributed by atoms with Crippen molar-refractivity contribution < 1.29 is 14.0 Å². The third-order valence-corrected chi connectivity index (χ3v) is 5.83. The topological polar surface area (TPSA) is 70.3 Å². The summed E-state index contributed by atoms with van der Waals surface area (Å²) in [6.45, 7) is 0. The summed E-state index contributed by atoms with van der Waals surface area (Å²) >= 11 is 2.57. The van der Waals surface area contributed by atoms with E-state index in [9.17, 15) is 19.2 Å². The fourth-order valence-corrected chi connectivity index (χ4v) is 4.25. The fraction of sp³-hybridized carbons (Fsp3) is 0.222. The highest BCUT2D eigenvalue weighted by Gasteiger charge is 2.33. The number of hydrogen-bond acceptors (Lipinski definition) is 5. The van der Waals surface area contributed by atoms with Crippen LogP contribution in [-0.4, -0.2) is 22.5 Å². The zero-order chi connectivity index (χ0) is 17.8. The molecule has 1 aliphatic rings. The summed E-state index contributed by atoms with van der Waals surface area (Å²) in [7, 11) is 0. The van der Waals surface area contributed by atoms with Gasteiger partial charge in [-0.3, -0.25) is 9.59 Å². The first-order chi connectivity index (χ1) is 12.1. The number of carbonyl (C=O) groups is 2. The lowest BCUT2D eigenvalue weighted by Crippen LogP contribution is -2.21. The Bertz CT molecular complexity index is 854. The van der Waals surface area contributed by atoms with Crippen molar-refractivity contribution >= 4 is 39.8 Å². The van der Waals surface area contributed by atoms with Crippen LogP contribution in [0.15, 0.2) is 46.8 Å². The molecular weight excluding hydrogens is 359 g/mol. The Kier molecular flexibility index (Phi) is 5.41. The van der Waals surface area contributed by atoms with Gasteiger partial charge in [-0.2, -0.15) is 5.26 Å². The van der Waals surface area contributed by atoms with Crippen LogP contribution >= 0.6 is 23.1 Å². The Balaban J connectivity index is 1.94. The van der Waals surface area contributed by atoms with Crippen LogP contribution in [0.2, 0.25) is 0 Å². The zero-order valence-electron chi connectivity index (χ0n) is 13.0. The van der Waals surface area contributed by atoms with Crippen LogP contribution in [0, 0.1) is 23.1 Å². The number of carbonyl (C=O) groups excluding carboxylic acids is 2. The van der Waals surface area contributed by atoms with E-state index in [0.29, 0.717) is 15.5 Å². The van der Waals surface area contributed by atoms with Gasteiger partial charge >= 0.3 is 0 Å². The van der Waals surface area contributed by atoms with Crippen molar-refractivity contribution in [1.82, 2.24) is 0 Å². The molecule has 25 heavy (non-hydrogen) atoms. The summed E-state index contributed by atoms with van der Waals surface area (Å²) in [5.74, 6) is -1.74. The average molecular weight is 372 g/mol. The van der Waals surface area contributed by atoms with Crippen molar-refractivity contribution in [3.05, 3.63) is 58.0 Å². The second kappa shape index (κ2) is 7.72. The number of nitriles is 1. The molecule has 1 aromatic carbocycles. The standard InChI is InChI=1S/C18H13FN2O2S2/c19-12-5-3-11(4-6-12)13(8-15(22)16-2-1-7-24-16)14(9-20)18-21-17(23)10-25-18/h1-7,13-14H,8,10H2/t13-,14-/m0/s1. The van der Waals surface area contributed by atoms with E-state index in [1.54, 1.807) is 24.3 Å². The zero-order valence-corrected chi connectivity index (χ0v) is 14.6. The number of thiophene rings is 1. The molecular formula is C18H13FN2O2S2. The summed E-state index contributed by atoms with van der Waals surface area (Å²) in [6.07, 6.45) is 0.0954. The number of amides is 1. The first-order valence-electron chi connectivity index (χ1n) is 7.54. The van der Waals surface area contributed by atoms with E-state index in [-0.39, 0.29) is 29.7 Å². The smallest absolute Gasteiger partial charge is 0.256 e. The number of rotatable bonds is 6. The molecule has 1 amide bonds. The maximum Gasteiger partial charge on any atom is 0.256 e. The van der Waals surface area contributed by atoms with Gasteiger partial charge in [-0.15, -0.1) is 11.3 Å². The molecule has 0 N–H and O–H groups in total. The Hall–Kier alpha value is -2.30. The van der Waals surface area contributed by atoms with Crippen molar-refractivity contribution in [2.24, 2.45) is 10.9 Å². The highest BCUT2D eigenvalue weighted by Crippen LogP contribution is 2.35. The van der Waals surface area contributed by atoms with E-state index < -0.39 is 11.8 Å². The van der Waals surface area contributed by atoms with Crippen LogP contribution in [-0.2, 0) is 4.79 Å². The molecule has 0 saturated carbocycles. The number of halogens is 1. The minimum atomic E-state index is -0.717. The Morgan fingerprint density at radius 1 is 1.32 bits per heavy atom. The highest BCUT2D eigenvalue weighted by molar-refractivity contribution is 8.15. The maximum atomic E-state index is 13.3. The minimum absolute atomic E-state index is 0.0838. The number of hydrogen-bond donors (Lipinski definition) is 0. The van der Waals surface area contributed by atoms with E-state index in [4.69, 9.17) is 0 Å². The molecule has 2 atom stereocenters. The Morgan fingerprint density at radius 2 is 2.08 bits per heavy atom. The SMILES string of the molecule is N#C[C@H](C1=NC(=O)CS1)[C@@H](CC(=O)c1cccs1)c1ccc(F)cc1. The average Bonchev–Trinajstić information content (AvgIpc) is 3.27. The number of Topliss-reactive ketones (excluding diaryl/α,β-unsaturated/α-hetero) is 1. The molecule has 2 aromatic rings. The lowest BCUT2D eigenvalue weighted by molar-refractivity contribution is -0.115. The first-order valence-corrected chi connectivity index (χ1v) is 9.41. The largest absolute Gasteiger partial charge is 0.293 e. The normalized spacial score (nSPS) is 16.2. The lowest BCUT2D eigenvalue weighted by atomic mass is 9.83. The van der Waals surface area contributed by atoms with Gasteiger partial charge in [0.15, 0.2) is 5.78 Å². The molecule has 0 fully saturated rings. The lowest BCUT2D eigenvalue weighted by Gasteiger charge is -2.21. The number of ketones is 1. The van der Waals surface area contributed by atoms with Crippen LogP contribution in [0.25, 0.3) is 0 Å². The molecule has 0 unspecified atom stereocenters. The van der Waals surface area contributed by atoms with Crippen LogP contribution in [0.5, 0.6) is 0 Å². The molecule has 0 radical (unpaired) electrons. The number of nitrogens with zero attached hydrogens (tertiary/aromatic N) is 2. The summed E-state index contributed by atoms with van der Waals surface area (Å²) < 4.78 is 13.3. The van der Waals surface area contributed by atoms with Gasteiger partial charge in [0, 0.05) is 12.3 Å². The van der Waals surface area contributed by atoms with E-state index in [2.05, 4.69) is 11.1 Å². The summed E-state index contributed by atoms with van der Waals surface area (Å²) in [6, 6.07) is 11.5. The van der Waals surface area contributed by atoms with Crippen molar-refractivity contribution in [3.8, 4) is 6.07 Å². The van der Waals surface area contributed by atoms with Crippen LogP contribution < -0.4 is 0 Å². The Labute approximate surface area is 152 Å². The molecule has 0 bridgehead atoms. The molecule has 0 saturated heterocycles. The molecule has 1 aromatic heterocycles. The van der Waals surface area contributed by atoms with Gasteiger partial charge in [0.1, 0.15) is 11.7 Å². The van der Waals surface area contributed by atoms with Gasteiger partial charge < -0.3 is 0 Å². The molecule has 3 rings (SSSR count). The van der Waals surface area contributed by atoms with E-state index in [1.807, 2.05) is 5.38 Å². The second-order valence-corrected chi connectivity index (χ2v) is 7.45. The quantitative estimate of drug-likeness (QED) is 0.717. The molecule has 2 heterocycles. The molecule has 0 aliphatic carbocycles. The maximum absolute atomic E-state index is 13.3. The van der Waals surface area contributed by atoms with E-state index in [0.717, 1.165) is 0 Å². The predicted octanol–water partition coefficient (Wildman–Crippen LogP) is 4.06. The first kappa shape index (κ1) is 17.5. The highest BCUT2D eigenvalue weighted by atomic mass is 32.2. The summed E-state index contributed by atoms with van der Waals surface area (Å²) in [4.78, 5) is 28.6. The summed E-state index contributed by atoms with van der Waals surface area (Å²) in [5.41, 5.74) is 0.681. The van der Waals surface area contributed by atoms with Crippen molar-refractivity contribution in [2.75, 3.05) is 5.75 Å². The second-order valence-electron chi connectivity index (χ2n) is 5.50. The van der Waals surface area contributed by atoms with E-state index in [1.165, 1.54) is 35.2 Å². The molecule has 7 heteroatoms. The third kappa shape index (κ3) is 4.03. The van der Waals surface area contributed by atoms with Crippen LogP contribution in [0.1, 0.15) is 27.6 Å². The molecule has 4 nitrogen and oxygen atoms in total. The van der Waals surface area contributed by atoms with Gasteiger partial charge in [-0.1, -0.05) is 30.0 Å². The van der Waals surface area contributed by atoms with E-state index >= 15 is 0 Å². The molecule has 126 valence electrons. The number of aliphatic imine (C=N–C) groups is 1. The van der Waals surface area contributed by atoms with Crippen molar-refractivity contribution in [3.63, 3.8) is 0 Å². The predicted molar refractivity (Wildman–Crippen MR) is 96.4 cm³/mol.